The van der Waals surface area contributed by atoms with Gasteiger partial charge in [-0.2, -0.15) is 0 Å². The van der Waals surface area contributed by atoms with E-state index in [4.69, 9.17) is 9.47 Å². The number of amides is 2. The van der Waals surface area contributed by atoms with E-state index in [0.717, 1.165) is 5.56 Å². The van der Waals surface area contributed by atoms with E-state index in [2.05, 4.69) is 26.1 Å². The van der Waals surface area contributed by atoms with Crippen LogP contribution in [0.15, 0.2) is 42.5 Å². The van der Waals surface area contributed by atoms with Gasteiger partial charge in [0.25, 0.3) is 5.91 Å². The van der Waals surface area contributed by atoms with Gasteiger partial charge in [-0.15, -0.1) is 0 Å². The van der Waals surface area contributed by atoms with E-state index in [1.165, 1.54) is 4.90 Å². The van der Waals surface area contributed by atoms with Crippen molar-refractivity contribution >= 4 is 29.2 Å². The fourth-order valence-electron chi connectivity index (χ4n) is 3.09. The van der Waals surface area contributed by atoms with Gasteiger partial charge < -0.3 is 14.8 Å². The number of fused-ring (bicyclic) bond motifs is 1. The number of nitrogens with zero attached hydrogens (tertiary/aromatic N) is 1. The second-order valence-electron chi connectivity index (χ2n) is 8.05. The molecular weight excluding hydrogens is 384 g/mol. The summed E-state index contributed by atoms with van der Waals surface area (Å²) in [6, 6.07) is 12.1. The molecule has 0 unspecified atom stereocenters. The Balaban J connectivity index is 1.71. The second-order valence-corrected chi connectivity index (χ2v) is 8.05. The molecule has 1 heterocycles. The Kier molecular flexibility index (Phi) is 6.10. The minimum absolute atomic E-state index is 0.0578. The zero-order valence-electron chi connectivity index (χ0n) is 17.7. The van der Waals surface area contributed by atoms with Crippen molar-refractivity contribution in [1.82, 2.24) is 0 Å². The van der Waals surface area contributed by atoms with E-state index in [0.29, 0.717) is 29.3 Å². The predicted octanol–water partition coefficient (Wildman–Crippen LogP) is 3.52. The molecule has 7 nitrogen and oxygen atoms in total. The van der Waals surface area contributed by atoms with Crippen LogP contribution in [0.4, 0.5) is 11.4 Å². The lowest BCUT2D eigenvalue weighted by Gasteiger charge is -2.30. The van der Waals surface area contributed by atoms with Crippen molar-refractivity contribution in [1.29, 1.82) is 0 Å². The second kappa shape index (κ2) is 8.57. The summed E-state index contributed by atoms with van der Waals surface area (Å²) < 4.78 is 10.5. The van der Waals surface area contributed by atoms with Crippen molar-refractivity contribution in [3.8, 4) is 5.75 Å². The maximum absolute atomic E-state index is 12.5. The molecule has 30 heavy (non-hydrogen) atoms. The molecule has 0 saturated heterocycles. The molecule has 0 atom stereocenters. The smallest absolute Gasteiger partial charge is 0.338 e. The SMILES string of the molecule is CCOC(=O)c1ccc(NC(=O)CN2C(=O)COc3cc(C(C)(C)C)ccc32)cc1. The van der Waals surface area contributed by atoms with Crippen LogP contribution >= 0.6 is 0 Å². The number of benzene rings is 2. The fourth-order valence-corrected chi connectivity index (χ4v) is 3.09. The van der Waals surface area contributed by atoms with Gasteiger partial charge in [0.05, 0.1) is 17.9 Å². The van der Waals surface area contributed by atoms with Crippen LogP contribution in [0.1, 0.15) is 43.6 Å². The maximum Gasteiger partial charge on any atom is 0.338 e. The highest BCUT2D eigenvalue weighted by molar-refractivity contribution is 6.05. The number of hydrogen-bond acceptors (Lipinski definition) is 5. The van der Waals surface area contributed by atoms with Crippen LogP contribution in [0.25, 0.3) is 0 Å². The molecule has 2 aromatic rings. The summed E-state index contributed by atoms with van der Waals surface area (Å²) in [5.74, 6) is -0.451. The van der Waals surface area contributed by atoms with Crippen molar-refractivity contribution in [2.24, 2.45) is 0 Å². The molecule has 3 rings (SSSR count). The highest BCUT2D eigenvalue weighted by Gasteiger charge is 2.28. The number of carbonyl (C=O) groups is 3. The number of carbonyl (C=O) groups excluding carboxylic acids is 3. The first kappa shape index (κ1) is 21.4. The number of hydrogen-bond donors (Lipinski definition) is 1. The van der Waals surface area contributed by atoms with Gasteiger partial charge in [0, 0.05) is 5.69 Å². The van der Waals surface area contributed by atoms with Gasteiger partial charge in [0.15, 0.2) is 6.61 Å². The Labute approximate surface area is 176 Å². The van der Waals surface area contributed by atoms with Crippen LogP contribution in [0.5, 0.6) is 5.75 Å². The minimum atomic E-state index is -0.416. The van der Waals surface area contributed by atoms with Crippen LogP contribution in [-0.4, -0.2) is 37.5 Å². The van der Waals surface area contributed by atoms with Crippen molar-refractivity contribution in [3.63, 3.8) is 0 Å². The Morgan fingerprint density at radius 2 is 1.83 bits per heavy atom. The van der Waals surface area contributed by atoms with Crippen molar-refractivity contribution < 1.29 is 23.9 Å². The average Bonchev–Trinajstić information content (AvgIpc) is 2.70. The molecule has 2 amide bonds. The summed E-state index contributed by atoms with van der Waals surface area (Å²) in [6.07, 6.45) is 0. The highest BCUT2D eigenvalue weighted by atomic mass is 16.5. The Bertz CT molecular complexity index is 961. The van der Waals surface area contributed by atoms with Crippen LogP contribution < -0.4 is 15.0 Å². The van der Waals surface area contributed by atoms with E-state index in [-0.39, 0.29) is 30.4 Å². The van der Waals surface area contributed by atoms with Crippen LogP contribution in [0.2, 0.25) is 0 Å². The third-order valence-corrected chi connectivity index (χ3v) is 4.75. The summed E-state index contributed by atoms with van der Waals surface area (Å²) in [5.41, 5.74) is 2.53. The number of esters is 1. The van der Waals surface area contributed by atoms with Gasteiger partial charge in [-0.1, -0.05) is 26.8 Å². The lowest BCUT2D eigenvalue weighted by atomic mass is 9.86. The van der Waals surface area contributed by atoms with E-state index >= 15 is 0 Å². The highest BCUT2D eigenvalue weighted by Crippen LogP contribution is 2.36. The van der Waals surface area contributed by atoms with Gasteiger partial charge in [0.1, 0.15) is 12.3 Å². The molecule has 0 spiro atoms. The number of nitrogens with one attached hydrogen (secondary N) is 1. The van der Waals surface area contributed by atoms with Gasteiger partial charge in [-0.05, 0) is 54.3 Å². The quantitative estimate of drug-likeness (QED) is 0.763. The molecule has 1 aliphatic heterocycles. The first-order chi connectivity index (χ1) is 14.2. The molecule has 1 N–H and O–H groups in total. The topological polar surface area (TPSA) is 84.9 Å². The molecular formula is C23H26N2O5. The van der Waals surface area contributed by atoms with E-state index < -0.39 is 5.97 Å². The molecule has 7 heteroatoms. The van der Waals surface area contributed by atoms with E-state index in [1.54, 1.807) is 31.2 Å². The number of ether oxygens (including phenoxy) is 2. The lowest BCUT2D eigenvalue weighted by molar-refractivity contribution is -0.123. The zero-order chi connectivity index (χ0) is 21.9. The van der Waals surface area contributed by atoms with Crippen molar-refractivity contribution in [3.05, 3.63) is 53.6 Å². The van der Waals surface area contributed by atoms with Gasteiger partial charge >= 0.3 is 5.97 Å². The third-order valence-electron chi connectivity index (χ3n) is 4.75. The zero-order valence-corrected chi connectivity index (χ0v) is 17.7. The van der Waals surface area contributed by atoms with Gasteiger partial charge in [0.2, 0.25) is 5.91 Å². The van der Waals surface area contributed by atoms with Gasteiger partial charge in [-0.25, -0.2) is 4.79 Å². The maximum atomic E-state index is 12.5. The number of rotatable bonds is 5. The molecule has 158 valence electrons. The first-order valence-electron chi connectivity index (χ1n) is 9.84. The van der Waals surface area contributed by atoms with E-state index in [9.17, 15) is 14.4 Å². The van der Waals surface area contributed by atoms with Crippen molar-refractivity contribution in [2.75, 3.05) is 30.0 Å². The monoisotopic (exact) mass is 410 g/mol. The molecule has 0 radical (unpaired) electrons. The lowest BCUT2D eigenvalue weighted by Crippen LogP contribution is -2.43. The summed E-state index contributed by atoms with van der Waals surface area (Å²) in [6.45, 7) is 8.08. The Hall–Kier alpha value is -3.35. The summed E-state index contributed by atoms with van der Waals surface area (Å²) in [4.78, 5) is 38.1. The van der Waals surface area contributed by atoms with E-state index in [1.807, 2.05) is 18.2 Å². The molecule has 0 saturated carbocycles. The molecule has 0 aromatic heterocycles. The standard InChI is InChI=1S/C23H26N2O5/c1-5-29-22(28)15-6-9-17(10-7-15)24-20(26)13-25-18-11-8-16(23(2,3)4)12-19(18)30-14-21(25)27/h6-12H,5,13-14H2,1-4H3,(H,24,26). The molecule has 0 aliphatic carbocycles. The molecule has 0 fully saturated rings. The Morgan fingerprint density at radius 3 is 2.47 bits per heavy atom. The first-order valence-corrected chi connectivity index (χ1v) is 9.84. The summed E-state index contributed by atoms with van der Waals surface area (Å²) in [7, 11) is 0. The van der Waals surface area contributed by atoms with Gasteiger partial charge in [-0.3, -0.25) is 14.5 Å². The molecule has 0 bridgehead atoms. The minimum Gasteiger partial charge on any atom is -0.482 e. The van der Waals surface area contributed by atoms with Crippen LogP contribution in [-0.2, 0) is 19.7 Å². The summed E-state index contributed by atoms with van der Waals surface area (Å²) >= 11 is 0. The predicted molar refractivity (Wildman–Crippen MR) is 114 cm³/mol. The molecule has 2 aromatic carbocycles. The fraction of sp³-hybridized carbons (Fsp3) is 0.348. The normalized spacial score (nSPS) is 13.3. The summed E-state index contributed by atoms with van der Waals surface area (Å²) in [5, 5.41) is 2.75. The van der Waals surface area contributed by atoms with Crippen LogP contribution in [0.3, 0.4) is 0 Å². The van der Waals surface area contributed by atoms with Crippen molar-refractivity contribution in [2.45, 2.75) is 33.1 Å². The molecule has 1 aliphatic rings. The largest absolute Gasteiger partial charge is 0.482 e. The van der Waals surface area contributed by atoms with Crippen LogP contribution in [0, 0.1) is 0 Å². The third kappa shape index (κ3) is 4.79. The number of anilines is 2. The average molecular weight is 410 g/mol. The Morgan fingerprint density at radius 1 is 1.13 bits per heavy atom.